The third kappa shape index (κ3) is 3.96. The molecule has 5 nitrogen and oxygen atoms in total. The first-order chi connectivity index (χ1) is 10.1. The smallest absolute Gasteiger partial charge is 0.267 e. The second kappa shape index (κ2) is 6.34. The van der Waals surface area contributed by atoms with Crippen molar-refractivity contribution in [2.24, 2.45) is 0 Å². The van der Waals surface area contributed by atoms with E-state index in [1.165, 1.54) is 5.56 Å². The topological polar surface area (TPSA) is 64.6 Å². The Morgan fingerprint density at radius 1 is 1.38 bits per heavy atom. The molecule has 0 saturated carbocycles. The summed E-state index contributed by atoms with van der Waals surface area (Å²) in [7, 11) is -3.41. The lowest BCUT2D eigenvalue weighted by Crippen LogP contribution is -2.23. The molecule has 1 aromatic rings. The molecular formula is C15H21NO4S. The van der Waals surface area contributed by atoms with Crippen molar-refractivity contribution in [1.82, 2.24) is 5.32 Å². The van der Waals surface area contributed by atoms with Crippen molar-refractivity contribution in [2.45, 2.75) is 31.8 Å². The van der Waals surface area contributed by atoms with Gasteiger partial charge in [0.25, 0.3) is 10.1 Å². The van der Waals surface area contributed by atoms with Crippen LogP contribution < -0.4 is 10.1 Å². The highest BCUT2D eigenvalue weighted by atomic mass is 32.2. The lowest BCUT2D eigenvalue weighted by Gasteiger charge is -2.10. The molecule has 0 aliphatic carbocycles. The molecule has 0 radical (unpaired) electrons. The summed E-state index contributed by atoms with van der Waals surface area (Å²) >= 11 is 0. The first-order valence-corrected chi connectivity index (χ1v) is 9.06. The van der Waals surface area contributed by atoms with Gasteiger partial charge in [-0.2, -0.15) is 8.42 Å². The molecule has 2 aliphatic heterocycles. The molecule has 1 aromatic carbocycles. The van der Waals surface area contributed by atoms with Crippen LogP contribution in [-0.2, 0) is 27.1 Å². The van der Waals surface area contributed by atoms with E-state index in [1.807, 2.05) is 12.1 Å². The number of rotatable bonds is 6. The number of benzene rings is 1. The first kappa shape index (κ1) is 14.8. The van der Waals surface area contributed by atoms with Crippen LogP contribution in [0.15, 0.2) is 18.2 Å². The summed E-state index contributed by atoms with van der Waals surface area (Å²) in [4.78, 5) is 0. The van der Waals surface area contributed by atoms with Gasteiger partial charge in [-0.1, -0.05) is 12.1 Å². The average molecular weight is 311 g/mol. The minimum Gasteiger partial charge on any atom is -0.493 e. The number of nitrogens with one attached hydrogen (secondary N) is 1. The zero-order valence-electron chi connectivity index (χ0n) is 12.0. The first-order valence-electron chi connectivity index (χ1n) is 7.49. The largest absolute Gasteiger partial charge is 0.493 e. The zero-order chi connectivity index (χ0) is 14.7. The molecule has 0 bridgehead atoms. The molecule has 21 heavy (non-hydrogen) atoms. The van der Waals surface area contributed by atoms with Crippen molar-refractivity contribution < 1.29 is 17.3 Å². The maximum absolute atomic E-state index is 11.9. The zero-order valence-corrected chi connectivity index (χ0v) is 12.8. The standard InChI is InChI=1S/C15H21NO4S/c17-21(18,20-14-5-7-16-11-14)9-1-2-12-3-4-15-13(10-12)6-8-19-15/h3-4,10,14,16H,1-2,5-9,11H2. The van der Waals surface area contributed by atoms with E-state index < -0.39 is 10.1 Å². The van der Waals surface area contributed by atoms with Crippen LogP contribution in [0.1, 0.15) is 24.0 Å². The van der Waals surface area contributed by atoms with E-state index in [9.17, 15) is 8.42 Å². The van der Waals surface area contributed by atoms with Gasteiger partial charge in [0.15, 0.2) is 0 Å². The van der Waals surface area contributed by atoms with Crippen LogP contribution in [0, 0.1) is 0 Å². The lowest BCUT2D eigenvalue weighted by atomic mass is 10.1. The van der Waals surface area contributed by atoms with Gasteiger partial charge in [0.1, 0.15) is 5.75 Å². The highest BCUT2D eigenvalue weighted by molar-refractivity contribution is 7.86. The summed E-state index contributed by atoms with van der Waals surface area (Å²) in [6.45, 7) is 2.21. The van der Waals surface area contributed by atoms with Gasteiger partial charge in [-0.15, -0.1) is 0 Å². The van der Waals surface area contributed by atoms with Crippen LogP contribution in [0.3, 0.4) is 0 Å². The van der Waals surface area contributed by atoms with Gasteiger partial charge in [-0.3, -0.25) is 4.18 Å². The minimum absolute atomic E-state index is 0.0804. The molecule has 1 N–H and O–H groups in total. The molecule has 2 heterocycles. The SMILES string of the molecule is O=S(=O)(CCCc1ccc2c(c1)CCO2)OC1CCNC1. The summed E-state index contributed by atoms with van der Waals surface area (Å²) in [5, 5.41) is 3.10. The van der Waals surface area contributed by atoms with Crippen molar-refractivity contribution in [3.8, 4) is 5.75 Å². The van der Waals surface area contributed by atoms with E-state index in [-0.39, 0.29) is 11.9 Å². The molecule has 3 rings (SSSR count). The van der Waals surface area contributed by atoms with Gasteiger partial charge in [-0.05, 0) is 43.0 Å². The van der Waals surface area contributed by atoms with Crippen LogP contribution in [0.5, 0.6) is 5.75 Å². The van der Waals surface area contributed by atoms with Crippen LogP contribution in [0.4, 0.5) is 0 Å². The molecule has 1 saturated heterocycles. The van der Waals surface area contributed by atoms with Gasteiger partial charge in [0.05, 0.1) is 18.5 Å². The maximum atomic E-state index is 11.9. The predicted octanol–water partition coefficient (Wildman–Crippen LogP) is 1.26. The molecule has 116 valence electrons. The molecule has 6 heteroatoms. The quantitative estimate of drug-likeness (QED) is 0.801. The fourth-order valence-corrected chi connectivity index (χ4v) is 3.99. The fourth-order valence-electron chi connectivity index (χ4n) is 2.81. The molecule has 0 amide bonds. The second-order valence-electron chi connectivity index (χ2n) is 5.62. The Morgan fingerprint density at radius 3 is 3.10 bits per heavy atom. The van der Waals surface area contributed by atoms with E-state index in [0.717, 1.165) is 43.7 Å². The van der Waals surface area contributed by atoms with E-state index in [1.54, 1.807) is 0 Å². The molecule has 1 atom stereocenters. The van der Waals surface area contributed by atoms with E-state index in [2.05, 4.69) is 11.4 Å². The Balaban J connectivity index is 1.48. The summed E-state index contributed by atoms with van der Waals surface area (Å²) < 4.78 is 34.5. The Morgan fingerprint density at radius 2 is 2.29 bits per heavy atom. The Bertz CT molecular complexity index is 594. The highest BCUT2D eigenvalue weighted by Gasteiger charge is 2.22. The number of hydrogen-bond donors (Lipinski definition) is 1. The van der Waals surface area contributed by atoms with E-state index in [0.29, 0.717) is 13.0 Å². The molecule has 1 fully saturated rings. The molecule has 0 spiro atoms. The Hall–Kier alpha value is -1.11. The van der Waals surface area contributed by atoms with Crippen molar-refractivity contribution in [1.29, 1.82) is 0 Å². The fraction of sp³-hybridized carbons (Fsp3) is 0.600. The summed E-state index contributed by atoms with van der Waals surface area (Å²) in [6, 6.07) is 6.11. The van der Waals surface area contributed by atoms with Crippen molar-refractivity contribution in [3.05, 3.63) is 29.3 Å². The van der Waals surface area contributed by atoms with Crippen molar-refractivity contribution in [2.75, 3.05) is 25.4 Å². The average Bonchev–Trinajstić information content (AvgIpc) is 3.08. The van der Waals surface area contributed by atoms with Crippen LogP contribution in [0.2, 0.25) is 0 Å². The summed E-state index contributed by atoms with van der Waals surface area (Å²) in [5.74, 6) is 1.04. The Labute approximate surface area is 125 Å². The van der Waals surface area contributed by atoms with Crippen LogP contribution in [-0.4, -0.2) is 40.0 Å². The Kier molecular flexibility index (Phi) is 4.47. The maximum Gasteiger partial charge on any atom is 0.267 e. The van der Waals surface area contributed by atoms with Gasteiger partial charge in [-0.25, -0.2) is 0 Å². The number of ether oxygens (including phenoxy) is 1. The van der Waals surface area contributed by atoms with Crippen molar-refractivity contribution in [3.63, 3.8) is 0 Å². The third-order valence-electron chi connectivity index (χ3n) is 3.91. The molecular weight excluding hydrogens is 290 g/mol. The van der Waals surface area contributed by atoms with Crippen LogP contribution >= 0.6 is 0 Å². The summed E-state index contributed by atoms with van der Waals surface area (Å²) in [6.07, 6.45) is 2.86. The molecule has 1 unspecified atom stereocenters. The normalized spacial score (nSPS) is 21.2. The lowest BCUT2D eigenvalue weighted by molar-refractivity contribution is 0.230. The van der Waals surface area contributed by atoms with Gasteiger partial charge in [0.2, 0.25) is 0 Å². The van der Waals surface area contributed by atoms with E-state index >= 15 is 0 Å². The van der Waals surface area contributed by atoms with Crippen LogP contribution in [0.25, 0.3) is 0 Å². The number of aryl methyl sites for hydroxylation is 1. The minimum atomic E-state index is -3.41. The molecule has 0 aromatic heterocycles. The third-order valence-corrected chi connectivity index (χ3v) is 5.27. The van der Waals surface area contributed by atoms with E-state index in [4.69, 9.17) is 8.92 Å². The molecule has 2 aliphatic rings. The van der Waals surface area contributed by atoms with Gasteiger partial charge >= 0.3 is 0 Å². The number of hydrogen-bond acceptors (Lipinski definition) is 5. The predicted molar refractivity (Wildman–Crippen MR) is 80.1 cm³/mol. The highest BCUT2D eigenvalue weighted by Crippen LogP contribution is 2.26. The number of fused-ring (bicyclic) bond motifs is 1. The van der Waals surface area contributed by atoms with Gasteiger partial charge < -0.3 is 10.1 Å². The van der Waals surface area contributed by atoms with Crippen molar-refractivity contribution >= 4 is 10.1 Å². The van der Waals surface area contributed by atoms with Gasteiger partial charge in [0, 0.05) is 13.0 Å². The second-order valence-corrected chi connectivity index (χ2v) is 7.33. The summed E-state index contributed by atoms with van der Waals surface area (Å²) in [5.41, 5.74) is 2.39. The monoisotopic (exact) mass is 311 g/mol.